The summed E-state index contributed by atoms with van der Waals surface area (Å²) in [7, 11) is 0. The molecule has 0 radical (unpaired) electrons. The maximum Gasteiger partial charge on any atom is 0.185 e. The Kier molecular flexibility index (Phi) is 5.44. The normalized spacial score (nSPS) is 16.4. The summed E-state index contributed by atoms with van der Waals surface area (Å²) in [5.74, 6) is 0. The van der Waals surface area contributed by atoms with Gasteiger partial charge in [0.25, 0.3) is 0 Å². The zero-order chi connectivity index (χ0) is 15.4. The molecule has 22 heavy (non-hydrogen) atoms. The summed E-state index contributed by atoms with van der Waals surface area (Å²) in [6.45, 7) is 7.52. The molecule has 3 heterocycles. The van der Waals surface area contributed by atoms with Gasteiger partial charge in [0.05, 0.1) is 10.7 Å². The van der Waals surface area contributed by atoms with Gasteiger partial charge in [0.2, 0.25) is 0 Å². The third-order valence-corrected chi connectivity index (χ3v) is 6.31. The number of rotatable bonds is 6. The predicted octanol–water partition coefficient (Wildman–Crippen LogP) is 3.27. The highest BCUT2D eigenvalue weighted by Gasteiger charge is 2.20. The minimum atomic E-state index is 0.642. The van der Waals surface area contributed by atoms with Crippen molar-refractivity contribution in [2.45, 2.75) is 45.6 Å². The Bertz CT molecular complexity index is 584. The second kappa shape index (κ2) is 7.53. The SMILES string of the molecule is CCc1cnc(CCNC2CCN(c3nc(C)cs3)CC2)s1. The van der Waals surface area contributed by atoms with Gasteiger partial charge >= 0.3 is 0 Å². The first-order valence-corrected chi connectivity index (χ1v) is 9.78. The van der Waals surface area contributed by atoms with Crippen LogP contribution in [0.15, 0.2) is 11.6 Å². The molecule has 1 aliphatic rings. The molecule has 0 spiro atoms. The lowest BCUT2D eigenvalue weighted by Crippen LogP contribution is -2.43. The molecular weight excluding hydrogens is 312 g/mol. The van der Waals surface area contributed by atoms with E-state index in [4.69, 9.17) is 0 Å². The van der Waals surface area contributed by atoms with Crippen LogP contribution >= 0.6 is 22.7 Å². The Morgan fingerprint density at radius 1 is 1.36 bits per heavy atom. The van der Waals surface area contributed by atoms with Crippen molar-refractivity contribution in [1.29, 1.82) is 0 Å². The molecule has 0 bridgehead atoms. The van der Waals surface area contributed by atoms with Crippen molar-refractivity contribution in [3.63, 3.8) is 0 Å². The van der Waals surface area contributed by atoms with Crippen LogP contribution in [0.3, 0.4) is 0 Å². The Morgan fingerprint density at radius 3 is 2.82 bits per heavy atom. The molecule has 0 saturated carbocycles. The smallest absolute Gasteiger partial charge is 0.185 e. The summed E-state index contributed by atoms with van der Waals surface area (Å²) in [6, 6.07) is 0.642. The first kappa shape index (κ1) is 15.9. The van der Waals surface area contributed by atoms with Crippen LogP contribution in [-0.4, -0.2) is 35.6 Å². The van der Waals surface area contributed by atoms with E-state index in [0.29, 0.717) is 6.04 Å². The molecule has 6 heteroatoms. The quantitative estimate of drug-likeness (QED) is 0.879. The van der Waals surface area contributed by atoms with Crippen molar-refractivity contribution in [2.24, 2.45) is 0 Å². The van der Waals surface area contributed by atoms with Gasteiger partial charge in [-0.2, -0.15) is 0 Å². The van der Waals surface area contributed by atoms with Crippen LogP contribution in [0.4, 0.5) is 5.13 Å². The lowest BCUT2D eigenvalue weighted by atomic mass is 10.1. The van der Waals surface area contributed by atoms with Crippen LogP contribution < -0.4 is 10.2 Å². The summed E-state index contributed by atoms with van der Waals surface area (Å²) >= 11 is 3.62. The number of piperidine rings is 1. The van der Waals surface area contributed by atoms with Crippen molar-refractivity contribution >= 4 is 27.8 Å². The highest BCUT2D eigenvalue weighted by Crippen LogP contribution is 2.23. The molecule has 3 rings (SSSR count). The van der Waals surface area contributed by atoms with E-state index in [1.807, 2.05) is 17.5 Å². The van der Waals surface area contributed by atoms with Crippen LogP contribution in [0.25, 0.3) is 0 Å². The number of nitrogens with zero attached hydrogens (tertiary/aromatic N) is 3. The fraction of sp³-hybridized carbons (Fsp3) is 0.625. The first-order chi connectivity index (χ1) is 10.7. The lowest BCUT2D eigenvalue weighted by Gasteiger charge is -2.32. The lowest BCUT2D eigenvalue weighted by molar-refractivity contribution is 0.417. The minimum Gasteiger partial charge on any atom is -0.348 e. The fourth-order valence-electron chi connectivity index (χ4n) is 2.77. The molecule has 0 atom stereocenters. The highest BCUT2D eigenvalue weighted by molar-refractivity contribution is 7.13. The number of hydrogen-bond donors (Lipinski definition) is 1. The van der Waals surface area contributed by atoms with Gasteiger partial charge in [-0.05, 0) is 26.2 Å². The molecule has 1 saturated heterocycles. The predicted molar refractivity (Wildman–Crippen MR) is 95.3 cm³/mol. The Balaban J connectivity index is 1.38. The van der Waals surface area contributed by atoms with Gasteiger partial charge in [0, 0.05) is 48.6 Å². The number of nitrogens with one attached hydrogen (secondary N) is 1. The van der Waals surface area contributed by atoms with Gasteiger partial charge < -0.3 is 10.2 Å². The number of anilines is 1. The minimum absolute atomic E-state index is 0.642. The van der Waals surface area contributed by atoms with E-state index in [1.165, 1.54) is 27.9 Å². The molecule has 4 nitrogen and oxygen atoms in total. The monoisotopic (exact) mass is 336 g/mol. The maximum absolute atomic E-state index is 4.59. The van der Waals surface area contributed by atoms with E-state index < -0.39 is 0 Å². The van der Waals surface area contributed by atoms with E-state index in [0.717, 1.165) is 38.2 Å². The molecule has 0 amide bonds. The van der Waals surface area contributed by atoms with E-state index in [1.54, 1.807) is 11.3 Å². The number of thiazole rings is 2. The van der Waals surface area contributed by atoms with Crippen molar-refractivity contribution < 1.29 is 0 Å². The summed E-state index contributed by atoms with van der Waals surface area (Å²) < 4.78 is 0. The van der Waals surface area contributed by atoms with Gasteiger partial charge in [0.1, 0.15) is 0 Å². The van der Waals surface area contributed by atoms with Crippen molar-refractivity contribution in [3.8, 4) is 0 Å². The number of hydrogen-bond acceptors (Lipinski definition) is 6. The first-order valence-electron chi connectivity index (χ1n) is 8.08. The second-order valence-electron chi connectivity index (χ2n) is 5.81. The number of aryl methyl sites for hydroxylation is 2. The van der Waals surface area contributed by atoms with Crippen molar-refractivity contribution in [1.82, 2.24) is 15.3 Å². The van der Waals surface area contributed by atoms with Crippen LogP contribution in [0.2, 0.25) is 0 Å². The largest absolute Gasteiger partial charge is 0.348 e. The fourth-order valence-corrected chi connectivity index (χ4v) is 4.49. The molecule has 1 N–H and O–H groups in total. The third kappa shape index (κ3) is 4.06. The van der Waals surface area contributed by atoms with E-state index in [-0.39, 0.29) is 0 Å². The van der Waals surface area contributed by atoms with Gasteiger partial charge in [-0.3, -0.25) is 0 Å². The van der Waals surface area contributed by atoms with Crippen LogP contribution in [0, 0.1) is 6.92 Å². The summed E-state index contributed by atoms with van der Waals surface area (Å²) in [4.78, 5) is 12.9. The molecule has 1 fully saturated rings. The third-order valence-electron chi connectivity index (χ3n) is 4.09. The molecule has 0 unspecified atom stereocenters. The van der Waals surface area contributed by atoms with E-state index in [2.05, 4.69) is 39.4 Å². The second-order valence-corrected chi connectivity index (χ2v) is 7.85. The van der Waals surface area contributed by atoms with Crippen LogP contribution in [-0.2, 0) is 12.8 Å². The molecule has 0 aromatic carbocycles. The zero-order valence-electron chi connectivity index (χ0n) is 13.3. The summed E-state index contributed by atoms with van der Waals surface area (Å²) in [5.41, 5.74) is 1.13. The molecule has 2 aromatic rings. The molecule has 120 valence electrons. The molecular formula is C16H24N4S2. The van der Waals surface area contributed by atoms with Gasteiger partial charge in [-0.1, -0.05) is 6.92 Å². The Hall–Kier alpha value is -0.980. The average molecular weight is 337 g/mol. The van der Waals surface area contributed by atoms with Gasteiger partial charge in [-0.15, -0.1) is 22.7 Å². The van der Waals surface area contributed by atoms with E-state index >= 15 is 0 Å². The Labute approximate surface area is 140 Å². The topological polar surface area (TPSA) is 41.1 Å². The van der Waals surface area contributed by atoms with Crippen LogP contribution in [0.1, 0.15) is 35.3 Å². The average Bonchev–Trinajstić information content (AvgIpc) is 3.17. The van der Waals surface area contributed by atoms with Gasteiger partial charge in [0.15, 0.2) is 5.13 Å². The van der Waals surface area contributed by atoms with Crippen molar-refractivity contribution in [2.75, 3.05) is 24.5 Å². The highest BCUT2D eigenvalue weighted by atomic mass is 32.1. The number of aromatic nitrogens is 2. The summed E-state index contributed by atoms with van der Waals surface area (Å²) in [5, 5.41) is 8.28. The van der Waals surface area contributed by atoms with Crippen molar-refractivity contribution in [3.05, 3.63) is 27.2 Å². The summed E-state index contributed by atoms with van der Waals surface area (Å²) in [6.07, 6.45) is 6.58. The standard InChI is InChI=1S/C16H24N4S2/c1-3-14-10-18-15(22-14)4-7-17-13-5-8-20(9-6-13)16-19-12(2)11-21-16/h10-11,13,17H,3-9H2,1-2H3. The van der Waals surface area contributed by atoms with Gasteiger partial charge in [-0.25, -0.2) is 9.97 Å². The van der Waals surface area contributed by atoms with Crippen LogP contribution in [0.5, 0.6) is 0 Å². The molecule has 2 aromatic heterocycles. The van der Waals surface area contributed by atoms with E-state index in [9.17, 15) is 0 Å². The Morgan fingerprint density at radius 2 is 2.18 bits per heavy atom. The maximum atomic E-state index is 4.59. The zero-order valence-corrected chi connectivity index (χ0v) is 15.0. The molecule has 0 aliphatic carbocycles. The molecule has 1 aliphatic heterocycles.